The molecule has 8 nitrogen and oxygen atoms in total. The summed E-state index contributed by atoms with van der Waals surface area (Å²) in [6.07, 6.45) is 0.580. The lowest BCUT2D eigenvalue weighted by Gasteiger charge is -2.33. The lowest BCUT2D eigenvalue weighted by atomic mass is 10.1. The van der Waals surface area contributed by atoms with Crippen molar-refractivity contribution in [3.05, 3.63) is 29.8 Å². The number of carbonyl (C=O) groups excluding carboxylic acids is 1. The molecular formula is C15H18N2O6S. The first-order valence-electron chi connectivity index (χ1n) is 7.62. The molecule has 1 aromatic rings. The molecule has 0 spiro atoms. The first kappa shape index (κ1) is 16.7. The third kappa shape index (κ3) is 3.09. The Kier molecular flexibility index (Phi) is 4.46. The first-order chi connectivity index (χ1) is 11.4. The molecule has 2 aliphatic rings. The van der Waals surface area contributed by atoms with Crippen LogP contribution in [0.2, 0.25) is 0 Å². The van der Waals surface area contributed by atoms with E-state index in [0.717, 1.165) is 0 Å². The van der Waals surface area contributed by atoms with Crippen molar-refractivity contribution >= 4 is 27.6 Å². The van der Waals surface area contributed by atoms with Gasteiger partial charge in [-0.05, 0) is 30.7 Å². The summed E-state index contributed by atoms with van der Waals surface area (Å²) in [4.78, 5) is 25.1. The maximum atomic E-state index is 12.5. The van der Waals surface area contributed by atoms with Crippen LogP contribution in [0.3, 0.4) is 0 Å². The van der Waals surface area contributed by atoms with Crippen LogP contribution in [0.5, 0.6) is 0 Å². The highest BCUT2D eigenvalue weighted by atomic mass is 32.2. The van der Waals surface area contributed by atoms with Gasteiger partial charge in [0.1, 0.15) is 0 Å². The molecule has 130 valence electrons. The Bertz CT molecular complexity index is 746. The average molecular weight is 354 g/mol. The number of morpholine rings is 1. The van der Waals surface area contributed by atoms with Crippen LogP contribution in [0, 0.1) is 0 Å². The highest BCUT2D eigenvalue weighted by Gasteiger charge is 2.33. The Balaban J connectivity index is 1.80. The number of carboxylic acids is 1. The lowest BCUT2D eigenvalue weighted by molar-refractivity contribution is -0.147. The molecule has 2 saturated heterocycles. The number of ether oxygens (including phenoxy) is 1. The number of hydrogen-bond acceptors (Lipinski definition) is 5. The van der Waals surface area contributed by atoms with E-state index in [1.165, 1.54) is 21.3 Å². The van der Waals surface area contributed by atoms with Crippen molar-refractivity contribution in [3.8, 4) is 0 Å². The van der Waals surface area contributed by atoms with Gasteiger partial charge in [-0.3, -0.25) is 9.10 Å². The van der Waals surface area contributed by atoms with Gasteiger partial charge in [-0.1, -0.05) is 0 Å². The second-order valence-corrected chi connectivity index (χ2v) is 7.73. The SMILES string of the molecule is O=C(O)C1COCCN1C(=O)c1ccc(N2CCCS2(=O)=O)cc1. The number of sulfonamides is 1. The fourth-order valence-electron chi connectivity index (χ4n) is 2.92. The molecule has 1 N–H and O–H groups in total. The van der Waals surface area contributed by atoms with Crippen LogP contribution in [0.15, 0.2) is 24.3 Å². The van der Waals surface area contributed by atoms with Crippen molar-refractivity contribution in [2.75, 3.05) is 36.4 Å². The van der Waals surface area contributed by atoms with Crippen LogP contribution in [-0.4, -0.2) is 68.4 Å². The number of carboxylic acid groups (broad SMARTS) is 1. The molecule has 0 bridgehead atoms. The molecule has 2 fully saturated rings. The second-order valence-electron chi connectivity index (χ2n) is 5.72. The van der Waals surface area contributed by atoms with Crippen LogP contribution in [0.4, 0.5) is 5.69 Å². The Morgan fingerprint density at radius 2 is 1.88 bits per heavy atom. The minimum absolute atomic E-state index is 0.0365. The molecule has 0 aromatic heterocycles. The van der Waals surface area contributed by atoms with Crippen LogP contribution < -0.4 is 4.31 Å². The Labute approximate surface area is 139 Å². The van der Waals surface area contributed by atoms with Gasteiger partial charge < -0.3 is 14.7 Å². The zero-order chi connectivity index (χ0) is 17.3. The van der Waals surface area contributed by atoms with Crippen molar-refractivity contribution in [1.82, 2.24) is 4.90 Å². The smallest absolute Gasteiger partial charge is 0.328 e. The lowest BCUT2D eigenvalue weighted by Crippen LogP contribution is -2.52. The van der Waals surface area contributed by atoms with E-state index in [4.69, 9.17) is 4.74 Å². The maximum Gasteiger partial charge on any atom is 0.328 e. The highest BCUT2D eigenvalue weighted by Crippen LogP contribution is 2.24. The fraction of sp³-hybridized carbons (Fsp3) is 0.467. The van der Waals surface area contributed by atoms with Gasteiger partial charge in [0.25, 0.3) is 5.91 Å². The number of nitrogens with zero attached hydrogens (tertiary/aromatic N) is 2. The summed E-state index contributed by atoms with van der Waals surface area (Å²) in [7, 11) is -3.27. The number of anilines is 1. The molecule has 0 radical (unpaired) electrons. The molecule has 3 rings (SSSR count). The van der Waals surface area contributed by atoms with E-state index in [9.17, 15) is 23.1 Å². The van der Waals surface area contributed by atoms with Crippen molar-refractivity contribution in [2.45, 2.75) is 12.5 Å². The molecule has 9 heteroatoms. The van der Waals surface area contributed by atoms with E-state index in [1.54, 1.807) is 12.1 Å². The molecule has 1 amide bonds. The summed E-state index contributed by atoms with van der Waals surface area (Å²) in [5.74, 6) is -1.38. The number of benzene rings is 1. The first-order valence-corrected chi connectivity index (χ1v) is 9.23. The second kappa shape index (κ2) is 6.40. The molecule has 0 aliphatic carbocycles. The van der Waals surface area contributed by atoms with Crippen molar-refractivity contribution in [3.63, 3.8) is 0 Å². The molecule has 1 unspecified atom stereocenters. The zero-order valence-electron chi connectivity index (χ0n) is 12.9. The van der Waals surface area contributed by atoms with Gasteiger partial charge in [-0.2, -0.15) is 0 Å². The van der Waals surface area contributed by atoms with Crippen molar-refractivity contribution in [1.29, 1.82) is 0 Å². The monoisotopic (exact) mass is 354 g/mol. The zero-order valence-corrected chi connectivity index (χ0v) is 13.7. The number of amides is 1. The predicted octanol–water partition coefficient (Wildman–Crippen LogP) is 0.152. The summed E-state index contributed by atoms with van der Waals surface area (Å²) in [5, 5.41) is 9.20. The molecule has 0 saturated carbocycles. The van der Waals surface area contributed by atoms with Gasteiger partial charge in [0.15, 0.2) is 6.04 Å². The molecule has 1 aromatic carbocycles. The normalized spacial score (nSPS) is 23.2. The van der Waals surface area contributed by atoms with Crippen LogP contribution in [0.1, 0.15) is 16.8 Å². The molecule has 1 atom stereocenters. The quantitative estimate of drug-likeness (QED) is 0.829. The summed E-state index contributed by atoms with van der Waals surface area (Å²) in [5.41, 5.74) is 0.837. The summed E-state index contributed by atoms with van der Waals surface area (Å²) in [6.45, 7) is 0.892. The minimum atomic E-state index is -3.27. The van der Waals surface area contributed by atoms with Crippen LogP contribution in [0.25, 0.3) is 0 Å². The van der Waals surface area contributed by atoms with E-state index < -0.39 is 27.9 Å². The van der Waals surface area contributed by atoms with E-state index >= 15 is 0 Å². The largest absolute Gasteiger partial charge is 0.480 e. The third-order valence-electron chi connectivity index (χ3n) is 4.18. The summed E-state index contributed by atoms with van der Waals surface area (Å²) in [6, 6.07) is 5.20. The predicted molar refractivity (Wildman–Crippen MR) is 85.5 cm³/mol. The van der Waals surface area contributed by atoms with E-state index in [-0.39, 0.29) is 18.9 Å². The maximum absolute atomic E-state index is 12.5. The Hall–Kier alpha value is -2.13. The number of aliphatic carboxylic acids is 1. The van der Waals surface area contributed by atoms with Gasteiger partial charge in [0.05, 0.1) is 24.7 Å². The Morgan fingerprint density at radius 1 is 1.17 bits per heavy atom. The molecular weight excluding hydrogens is 336 g/mol. The number of hydrogen-bond donors (Lipinski definition) is 1. The van der Waals surface area contributed by atoms with E-state index in [2.05, 4.69) is 0 Å². The van der Waals surface area contributed by atoms with Gasteiger partial charge in [-0.15, -0.1) is 0 Å². The summed E-state index contributed by atoms with van der Waals surface area (Å²) < 4.78 is 30.3. The Morgan fingerprint density at radius 3 is 2.46 bits per heavy atom. The van der Waals surface area contributed by atoms with E-state index in [1.807, 2.05) is 0 Å². The molecule has 24 heavy (non-hydrogen) atoms. The fourth-order valence-corrected chi connectivity index (χ4v) is 4.48. The number of rotatable bonds is 3. The van der Waals surface area contributed by atoms with E-state index in [0.29, 0.717) is 30.8 Å². The van der Waals surface area contributed by atoms with Gasteiger partial charge in [0.2, 0.25) is 10.0 Å². The van der Waals surface area contributed by atoms with Gasteiger partial charge in [-0.25, -0.2) is 13.2 Å². The van der Waals surface area contributed by atoms with Gasteiger partial charge >= 0.3 is 5.97 Å². The molecule has 2 aliphatic heterocycles. The van der Waals surface area contributed by atoms with Crippen molar-refractivity contribution < 1.29 is 27.9 Å². The number of carbonyl (C=O) groups is 2. The van der Waals surface area contributed by atoms with Crippen LogP contribution >= 0.6 is 0 Å². The third-order valence-corrected chi connectivity index (χ3v) is 6.05. The average Bonchev–Trinajstić information content (AvgIpc) is 2.93. The molecule has 2 heterocycles. The van der Waals surface area contributed by atoms with Crippen LogP contribution in [-0.2, 0) is 19.6 Å². The summed E-state index contributed by atoms with van der Waals surface area (Å²) >= 11 is 0. The van der Waals surface area contributed by atoms with Crippen molar-refractivity contribution in [2.24, 2.45) is 0 Å². The highest BCUT2D eigenvalue weighted by molar-refractivity contribution is 7.93. The standard InChI is InChI=1S/C15H18N2O6S/c18-14(16-7-8-23-10-13(16)15(19)20)11-2-4-12(5-3-11)17-6-1-9-24(17,21)22/h2-5,13H,1,6-10H2,(H,19,20). The van der Waals surface area contributed by atoms with Gasteiger partial charge in [0, 0.05) is 18.7 Å². The topological polar surface area (TPSA) is 104 Å². The minimum Gasteiger partial charge on any atom is -0.480 e.